The molecule has 0 spiro atoms. The fourth-order valence-electron chi connectivity index (χ4n) is 9.18. The number of benzene rings is 5. The van der Waals surface area contributed by atoms with Crippen molar-refractivity contribution in [1.29, 1.82) is 0 Å². The summed E-state index contributed by atoms with van der Waals surface area (Å²) in [5.74, 6) is 5.77. The monoisotopic (exact) mass is 1330 g/mol. The van der Waals surface area contributed by atoms with Gasteiger partial charge in [-0.05, 0) is 79.5 Å². The molecule has 5 aromatic carbocycles. The van der Waals surface area contributed by atoms with E-state index in [1.807, 2.05) is 41.8 Å². The number of nitrogens with one attached hydrogen (secondary N) is 4. The third kappa shape index (κ3) is 27.4. The number of carbonyl (C=O) groups is 10. The molecular formula is C63H85N19O14. The number of hydrogen-bond donors (Lipinski definition) is 15. The molecule has 516 valence electrons. The van der Waals surface area contributed by atoms with E-state index in [9.17, 15) is 58.2 Å². The molecule has 1 aliphatic heterocycles. The molecule has 0 aliphatic carbocycles. The van der Waals surface area contributed by atoms with Crippen molar-refractivity contribution < 1.29 is 68.1 Å². The zero-order valence-electron chi connectivity index (χ0n) is 53.2. The number of imide groups is 1. The summed E-state index contributed by atoms with van der Waals surface area (Å²) in [7, 11) is 2.81. The molecule has 6 rings (SSSR count). The first-order valence-corrected chi connectivity index (χ1v) is 29.8. The van der Waals surface area contributed by atoms with Crippen molar-refractivity contribution in [2.24, 2.45) is 78.9 Å². The van der Waals surface area contributed by atoms with Crippen LogP contribution < -0.4 is 68.0 Å². The fraction of sp³-hybridized carbons (Fsp3) is 0.317. The van der Waals surface area contributed by atoms with Gasteiger partial charge in [-0.15, -0.1) is 5.59 Å². The maximum absolute atomic E-state index is 13.5. The molecule has 0 unspecified atom stereocenters. The first-order valence-electron chi connectivity index (χ1n) is 29.8. The van der Waals surface area contributed by atoms with Crippen LogP contribution in [0.3, 0.4) is 0 Å². The molecule has 96 heavy (non-hydrogen) atoms. The van der Waals surface area contributed by atoms with Gasteiger partial charge in [-0.25, -0.2) is 27.5 Å². The molecule has 1 heterocycles. The van der Waals surface area contributed by atoms with Gasteiger partial charge in [-0.2, -0.15) is 5.01 Å². The number of hydrogen-bond acceptors (Lipinski definition) is 19. The summed E-state index contributed by atoms with van der Waals surface area (Å²) < 4.78 is 4.90. The standard InChI is InChI=1S/C25H29N5O5.C23H29N7O5.C15H23N5O3.H4N2O/c1-27-25(26)28-14-8-11-18(24(34)35-2)15-21(31)29(16-17-9-4-3-5-10-17)30-22(32)19-12-6-7-13-20(19)23(30)33;24-23(25)27-12-6-9-16(22(34)35)13-19(31)30(14-15-7-2-1-3-8-15)29-21(33)18-11-5-4-10-17(18)20(32)28-26;16-15(17)19-8-4-7-12(14(22)23)9-13(21)20(18)10-11-5-2-1-3-6-11;1-2-3/h3-7,9-10,12-13,18H,8,11,14-16H2,1-2H3,(H3,26,27,28);1-5,7-8,10-11,16H,6,9,12-14,26H2,(H,28,32)(H,29,33)(H,34,35)(H4,24,25,27);1-3,5-6,12H,4,7-10,18H2,(H,22,23)(H4,16,17,19);2-3H,1H2/t18-;16-;12-;/m000./s1. The van der Waals surface area contributed by atoms with Gasteiger partial charge in [-0.1, -0.05) is 115 Å². The van der Waals surface area contributed by atoms with Gasteiger partial charge in [-0.3, -0.25) is 78.8 Å². The molecule has 0 aromatic heterocycles. The Bertz CT molecular complexity index is 3410. The van der Waals surface area contributed by atoms with Crippen LogP contribution in [0.25, 0.3) is 0 Å². The number of carboxylic acids is 2. The van der Waals surface area contributed by atoms with E-state index < -0.39 is 77.0 Å². The number of carboxylic acid groups (broad SMARTS) is 2. The molecule has 3 atom stereocenters. The quantitative estimate of drug-likeness (QED) is 0.00440. The second-order valence-electron chi connectivity index (χ2n) is 20.9. The van der Waals surface area contributed by atoms with Gasteiger partial charge in [0.15, 0.2) is 17.9 Å². The summed E-state index contributed by atoms with van der Waals surface area (Å²) in [6.45, 7) is 1.22. The Morgan fingerprint density at radius 3 is 1.40 bits per heavy atom. The third-order valence-corrected chi connectivity index (χ3v) is 14.0. The largest absolute Gasteiger partial charge is 0.481 e. The summed E-state index contributed by atoms with van der Waals surface area (Å²) in [5, 5.41) is 32.9. The maximum atomic E-state index is 13.5. The zero-order chi connectivity index (χ0) is 71.1. The van der Waals surface area contributed by atoms with Gasteiger partial charge in [0.05, 0.1) is 66.8 Å². The second kappa shape index (κ2) is 42.7. The Balaban J connectivity index is 0.000000376. The predicted octanol–water partition coefficient (Wildman–Crippen LogP) is 0.700. The summed E-state index contributed by atoms with van der Waals surface area (Å²) in [6.07, 6.45) is 1.40. The molecule has 0 radical (unpaired) electrons. The highest BCUT2D eigenvalue weighted by atomic mass is 16.5. The topological polar surface area (TPSA) is 547 Å². The van der Waals surface area contributed by atoms with Crippen molar-refractivity contribution in [1.82, 2.24) is 41.8 Å². The molecule has 23 N–H and O–H groups in total. The van der Waals surface area contributed by atoms with Gasteiger partial charge in [0.1, 0.15) is 0 Å². The number of esters is 1. The number of amides is 7. The minimum absolute atomic E-state index is 0.00617. The van der Waals surface area contributed by atoms with Crippen LogP contribution in [0.15, 0.2) is 155 Å². The van der Waals surface area contributed by atoms with Crippen LogP contribution in [0.2, 0.25) is 0 Å². The van der Waals surface area contributed by atoms with Crippen LogP contribution >= 0.6 is 0 Å². The molecule has 7 amide bonds. The Morgan fingerprint density at radius 1 is 0.552 bits per heavy atom. The second-order valence-corrected chi connectivity index (χ2v) is 20.9. The number of nitrogens with zero attached hydrogens (tertiary/aromatic N) is 7. The number of carbonyl (C=O) groups excluding carboxylic acids is 8. The number of guanidine groups is 3. The van der Waals surface area contributed by atoms with Crippen molar-refractivity contribution in [2.75, 3.05) is 33.8 Å². The highest BCUT2D eigenvalue weighted by Crippen LogP contribution is 2.28. The Kier molecular flexibility index (Phi) is 35.1. The highest BCUT2D eigenvalue weighted by molar-refractivity contribution is 6.21. The van der Waals surface area contributed by atoms with E-state index in [2.05, 4.69) is 31.6 Å². The minimum atomic E-state index is -1.15. The molecule has 1 aliphatic rings. The van der Waals surface area contributed by atoms with E-state index in [1.165, 1.54) is 24.8 Å². The number of methoxy groups -OCH3 is 1. The molecular weight excluding hydrogens is 1250 g/mol. The van der Waals surface area contributed by atoms with Crippen molar-refractivity contribution in [2.45, 2.75) is 77.4 Å². The molecule has 33 heteroatoms. The van der Waals surface area contributed by atoms with Gasteiger partial charge in [0, 0.05) is 45.9 Å². The maximum Gasteiger partial charge on any atom is 0.309 e. The minimum Gasteiger partial charge on any atom is -0.481 e. The van der Waals surface area contributed by atoms with Gasteiger partial charge in [0.2, 0.25) is 17.7 Å². The lowest BCUT2D eigenvalue weighted by Crippen LogP contribution is -2.49. The van der Waals surface area contributed by atoms with Crippen LogP contribution in [-0.4, -0.2) is 146 Å². The Labute approximate surface area is 553 Å². The van der Waals surface area contributed by atoms with Crippen molar-refractivity contribution >= 4 is 77.1 Å². The lowest BCUT2D eigenvalue weighted by atomic mass is 9.98. The van der Waals surface area contributed by atoms with E-state index >= 15 is 0 Å². The van der Waals surface area contributed by atoms with Crippen molar-refractivity contribution in [3.8, 4) is 0 Å². The molecule has 33 nitrogen and oxygen atoms in total. The summed E-state index contributed by atoms with van der Waals surface area (Å²) >= 11 is 0. The average molecular weight is 1330 g/mol. The molecule has 5 aromatic rings. The number of ether oxygens (including phenoxy) is 1. The smallest absolute Gasteiger partial charge is 0.309 e. The summed E-state index contributed by atoms with van der Waals surface area (Å²) in [6, 6.07) is 39.5. The summed E-state index contributed by atoms with van der Waals surface area (Å²) in [5.41, 5.74) is 35.1. The van der Waals surface area contributed by atoms with E-state index in [0.717, 1.165) is 31.2 Å². The van der Waals surface area contributed by atoms with Crippen molar-refractivity contribution in [3.05, 3.63) is 178 Å². The molecule has 0 fully saturated rings. The molecule has 0 bridgehead atoms. The highest BCUT2D eigenvalue weighted by Gasteiger charge is 2.42. The molecule has 0 saturated heterocycles. The zero-order valence-corrected chi connectivity index (χ0v) is 53.2. The van der Waals surface area contributed by atoms with E-state index in [1.54, 1.807) is 98.0 Å². The van der Waals surface area contributed by atoms with Crippen LogP contribution in [0, 0.1) is 17.8 Å². The third-order valence-electron chi connectivity index (χ3n) is 14.0. The van der Waals surface area contributed by atoms with Crippen LogP contribution in [0.1, 0.15) is 116 Å². The first-order chi connectivity index (χ1) is 45.9. The number of nitrogen functional groups attached to an aromatic ring is 1. The van der Waals surface area contributed by atoms with Gasteiger partial charge >= 0.3 is 17.9 Å². The van der Waals surface area contributed by atoms with E-state index in [-0.39, 0.29) is 92.0 Å². The van der Waals surface area contributed by atoms with E-state index in [4.69, 9.17) is 50.3 Å². The fourth-order valence-corrected chi connectivity index (χ4v) is 9.18. The van der Waals surface area contributed by atoms with E-state index in [0.29, 0.717) is 50.8 Å². The normalized spacial score (nSPS) is 12.1. The molecule has 0 saturated carbocycles. The summed E-state index contributed by atoms with van der Waals surface area (Å²) in [4.78, 5) is 137. The Morgan fingerprint density at radius 2 is 0.958 bits per heavy atom. The first kappa shape index (κ1) is 78.9. The number of aliphatic imine (C=N–C) groups is 3. The lowest BCUT2D eigenvalue weighted by molar-refractivity contribution is -0.152. The SMILES string of the molecule is CN=C(N)NCCC[C@@H](CC(=O)N(Cc1ccccc1)N1C(=O)c2ccccc2C1=O)C(=O)OC.NC(N)=NCCC[C@@H](CC(=O)N(N)Cc1ccccc1)C(=O)O.NNC(=O)c1ccccc1C(=O)NN(Cc1ccccc1)C(=O)C[C@H](CCCN=C(N)N)C(=O)O.NNO. The number of fused-ring (bicyclic) bond motifs is 1. The van der Waals surface area contributed by atoms with Crippen molar-refractivity contribution in [3.63, 3.8) is 0 Å². The average Bonchev–Trinajstić information content (AvgIpc) is 1.62. The van der Waals surface area contributed by atoms with Crippen LogP contribution in [0.5, 0.6) is 0 Å². The lowest BCUT2D eigenvalue weighted by Gasteiger charge is -2.31. The number of hydrazine groups is 5. The number of nitrogens with two attached hydrogens (primary N) is 8. The van der Waals surface area contributed by atoms with Gasteiger partial charge in [0.25, 0.3) is 23.6 Å². The Hall–Kier alpha value is -11.4. The van der Waals surface area contributed by atoms with Crippen LogP contribution in [-0.2, 0) is 53.1 Å². The van der Waals surface area contributed by atoms with Crippen LogP contribution in [0.4, 0.5) is 0 Å². The number of rotatable bonds is 30. The van der Waals surface area contributed by atoms with Gasteiger partial charge < -0.3 is 54.1 Å². The number of aliphatic carboxylic acids is 2. The predicted molar refractivity (Wildman–Crippen MR) is 353 cm³/mol.